The summed E-state index contributed by atoms with van der Waals surface area (Å²) in [4.78, 5) is 9.08. The number of hydrogen-bond acceptors (Lipinski definition) is 3. The fourth-order valence-electron chi connectivity index (χ4n) is 2.46. The molecule has 0 N–H and O–H groups in total. The van der Waals surface area contributed by atoms with E-state index in [1.807, 2.05) is 36.6 Å². The lowest BCUT2D eigenvalue weighted by Crippen LogP contribution is -2.09. The molecule has 3 rings (SSSR count). The van der Waals surface area contributed by atoms with Crippen molar-refractivity contribution in [3.8, 4) is 0 Å². The first-order valence-electron chi connectivity index (χ1n) is 6.56. The van der Waals surface area contributed by atoms with Crippen molar-refractivity contribution in [2.75, 3.05) is 0 Å². The lowest BCUT2D eigenvalue weighted by atomic mass is 10.2. The highest BCUT2D eigenvalue weighted by Crippen LogP contribution is 2.27. The molecule has 0 aliphatic rings. The second kappa shape index (κ2) is 4.94. The second-order valence-corrected chi connectivity index (χ2v) is 5.22. The summed E-state index contributed by atoms with van der Waals surface area (Å²) < 4.78 is 7.78. The zero-order valence-corrected chi connectivity index (χ0v) is 12.5. The number of imidazole rings is 1. The zero-order valence-electron chi connectivity index (χ0n) is 11.7. The van der Waals surface area contributed by atoms with Crippen molar-refractivity contribution in [1.82, 2.24) is 14.5 Å². The molecule has 4 nitrogen and oxygen atoms in total. The van der Waals surface area contributed by atoms with Crippen LogP contribution in [0.2, 0.25) is 0 Å². The maximum Gasteiger partial charge on any atom is 0.160 e. The molecule has 0 radical (unpaired) electrons. The highest BCUT2D eigenvalue weighted by molar-refractivity contribution is 6.16. The van der Waals surface area contributed by atoms with Crippen LogP contribution in [0.5, 0.6) is 0 Å². The molecule has 20 heavy (non-hydrogen) atoms. The molecule has 0 fully saturated rings. The third kappa shape index (κ3) is 2.00. The molecule has 0 aromatic carbocycles. The van der Waals surface area contributed by atoms with Crippen LogP contribution in [0.1, 0.15) is 35.9 Å². The molecule has 104 valence electrons. The SMILES string of the molecule is Cc1ccc(C(C)n2c(CCl)nc3c(C)ccnc32)o1. The van der Waals surface area contributed by atoms with E-state index in [0.29, 0.717) is 5.88 Å². The third-order valence-corrected chi connectivity index (χ3v) is 3.77. The Morgan fingerprint density at radius 1 is 1.30 bits per heavy atom. The monoisotopic (exact) mass is 289 g/mol. The molecule has 1 atom stereocenters. The number of aromatic nitrogens is 3. The average Bonchev–Trinajstić information content (AvgIpc) is 3.02. The number of pyridine rings is 1. The van der Waals surface area contributed by atoms with Crippen LogP contribution in [0.3, 0.4) is 0 Å². The number of nitrogens with zero attached hydrogens (tertiary/aromatic N) is 3. The van der Waals surface area contributed by atoms with Crippen LogP contribution in [-0.4, -0.2) is 14.5 Å². The minimum atomic E-state index is 0.0109. The third-order valence-electron chi connectivity index (χ3n) is 3.53. The van der Waals surface area contributed by atoms with Gasteiger partial charge in [-0.25, -0.2) is 9.97 Å². The van der Waals surface area contributed by atoms with Crippen LogP contribution in [0.15, 0.2) is 28.8 Å². The van der Waals surface area contributed by atoms with Crippen LogP contribution in [0, 0.1) is 13.8 Å². The summed E-state index contributed by atoms with van der Waals surface area (Å²) in [5.74, 6) is 2.94. The van der Waals surface area contributed by atoms with Crippen LogP contribution in [0.4, 0.5) is 0 Å². The minimum Gasteiger partial charge on any atom is -0.464 e. The number of furan rings is 1. The summed E-state index contributed by atoms with van der Waals surface area (Å²) in [6.07, 6.45) is 1.80. The van der Waals surface area contributed by atoms with Gasteiger partial charge in [-0.15, -0.1) is 11.6 Å². The molecule has 0 spiro atoms. The molecular weight excluding hydrogens is 274 g/mol. The van der Waals surface area contributed by atoms with E-state index in [-0.39, 0.29) is 6.04 Å². The van der Waals surface area contributed by atoms with E-state index in [4.69, 9.17) is 16.0 Å². The number of alkyl halides is 1. The molecule has 3 heterocycles. The van der Waals surface area contributed by atoms with Crippen LogP contribution in [-0.2, 0) is 5.88 Å². The summed E-state index contributed by atoms with van der Waals surface area (Å²) >= 11 is 6.05. The van der Waals surface area contributed by atoms with E-state index in [9.17, 15) is 0 Å². The lowest BCUT2D eigenvalue weighted by Gasteiger charge is -2.14. The first-order valence-corrected chi connectivity index (χ1v) is 7.10. The first kappa shape index (κ1) is 13.2. The number of aryl methyl sites for hydroxylation is 2. The molecule has 3 aromatic rings. The molecule has 0 aliphatic heterocycles. The maximum absolute atomic E-state index is 6.05. The van der Waals surface area contributed by atoms with Gasteiger partial charge >= 0.3 is 0 Å². The minimum absolute atomic E-state index is 0.0109. The first-order chi connectivity index (χ1) is 9.61. The van der Waals surface area contributed by atoms with Crippen molar-refractivity contribution in [2.24, 2.45) is 0 Å². The van der Waals surface area contributed by atoms with E-state index in [0.717, 1.165) is 34.1 Å². The fraction of sp³-hybridized carbons (Fsp3) is 0.333. The highest BCUT2D eigenvalue weighted by atomic mass is 35.5. The Bertz CT molecular complexity index is 760. The molecule has 0 amide bonds. The normalized spacial score (nSPS) is 13.0. The molecule has 1 unspecified atom stereocenters. The van der Waals surface area contributed by atoms with Crippen molar-refractivity contribution < 1.29 is 4.42 Å². The quantitative estimate of drug-likeness (QED) is 0.685. The van der Waals surface area contributed by atoms with Gasteiger partial charge < -0.3 is 8.98 Å². The van der Waals surface area contributed by atoms with Gasteiger partial charge in [0.1, 0.15) is 22.9 Å². The summed E-state index contributed by atoms with van der Waals surface area (Å²) in [6, 6.07) is 5.92. The van der Waals surface area contributed by atoms with Crippen molar-refractivity contribution in [3.63, 3.8) is 0 Å². The van der Waals surface area contributed by atoms with Crippen LogP contribution in [0.25, 0.3) is 11.2 Å². The smallest absolute Gasteiger partial charge is 0.160 e. The number of fused-ring (bicyclic) bond motifs is 1. The van der Waals surface area contributed by atoms with Crippen molar-refractivity contribution >= 4 is 22.8 Å². The molecular formula is C15H16ClN3O. The standard InChI is InChI=1S/C15H16ClN3O/c1-9-6-7-17-15-14(9)18-13(8-16)19(15)11(3)12-5-4-10(2)20-12/h4-7,11H,8H2,1-3H3. The second-order valence-electron chi connectivity index (χ2n) is 4.96. The Hall–Kier alpha value is -1.81. The summed E-state index contributed by atoms with van der Waals surface area (Å²) in [5.41, 5.74) is 2.85. The Balaban J connectivity index is 2.21. The summed E-state index contributed by atoms with van der Waals surface area (Å²) in [6.45, 7) is 6.04. The van der Waals surface area contributed by atoms with Gasteiger partial charge in [0.15, 0.2) is 5.65 Å². The summed E-state index contributed by atoms with van der Waals surface area (Å²) in [7, 11) is 0. The van der Waals surface area contributed by atoms with Gasteiger partial charge in [0.05, 0.1) is 11.9 Å². The van der Waals surface area contributed by atoms with Crippen LogP contribution >= 0.6 is 11.6 Å². The van der Waals surface area contributed by atoms with Gasteiger partial charge in [0.2, 0.25) is 0 Å². The van der Waals surface area contributed by atoms with Gasteiger partial charge in [-0.2, -0.15) is 0 Å². The summed E-state index contributed by atoms with van der Waals surface area (Å²) in [5, 5.41) is 0. The van der Waals surface area contributed by atoms with Crippen molar-refractivity contribution in [1.29, 1.82) is 0 Å². The Labute approximate surface area is 122 Å². The lowest BCUT2D eigenvalue weighted by molar-refractivity contribution is 0.428. The zero-order chi connectivity index (χ0) is 14.3. The fourth-order valence-corrected chi connectivity index (χ4v) is 2.65. The molecule has 0 bridgehead atoms. The van der Waals surface area contributed by atoms with Gasteiger partial charge in [-0.1, -0.05) is 0 Å². The predicted molar refractivity (Wildman–Crippen MR) is 79.1 cm³/mol. The number of halogens is 1. The van der Waals surface area contributed by atoms with Gasteiger partial charge in [-0.05, 0) is 44.5 Å². The molecule has 3 aromatic heterocycles. The van der Waals surface area contributed by atoms with E-state index >= 15 is 0 Å². The largest absolute Gasteiger partial charge is 0.464 e. The maximum atomic E-state index is 6.05. The molecule has 0 aliphatic carbocycles. The number of hydrogen-bond donors (Lipinski definition) is 0. The molecule has 0 saturated carbocycles. The van der Waals surface area contributed by atoms with Crippen molar-refractivity contribution in [2.45, 2.75) is 32.7 Å². The van der Waals surface area contributed by atoms with Gasteiger partial charge in [0, 0.05) is 6.20 Å². The van der Waals surface area contributed by atoms with E-state index in [2.05, 4.69) is 16.9 Å². The Morgan fingerprint density at radius 3 is 2.75 bits per heavy atom. The molecule has 0 saturated heterocycles. The van der Waals surface area contributed by atoms with E-state index in [1.54, 1.807) is 6.20 Å². The van der Waals surface area contributed by atoms with E-state index < -0.39 is 0 Å². The van der Waals surface area contributed by atoms with Gasteiger partial charge in [0.25, 0.3) is 0 Å². The number of rotatable bonds is 3. The predicted octanol–water partition coefficient (Wildman–Crippen LogP) is 3.99. The Morgan fingerprint density at radius 2 is 2.10 bits per heavy atom. The van der Waals surface area contributed by atoms with Crippen molar-refractivity contribution in [3.05, 3.63) is 47.3 Å². The molecule has 5 heteroatoms. The highest BCUT2D eigenvalue weighted by Gasteiger charge is 2.20. The topological polar surface area (TPSA) is 43.9 Å². The Kier molecular flexibility index (Phi) is 3.26. The van der Waals surface area contributed by atoms with E-state index in [1.165, 1.54) is 0 Å². The average molecular weight is 290 g/mol. The van der Waals surface area contributed by atoms with Crippen LogP contribution < -0.4 is 0 Å². The van der Waals surface area contributed by atoms with Gasteiger partial charge in [-0.3, -0.25) is 0 Å².